The van der Waals surface area contributed by atoms with Crippen LogP contribution in [0.3, 0.4) is 0 Å². The molecule has 0 spiro atoms. The van der Waals surface area contributed by atoms with Crippen LogP contribution in [-0.4, -0.2) is 4.98 Å². The van der Waals surface area contributed by atoms with E-state index in [0.29, 0.717) is 17.0 Å². The second kappa shape index (κ2) is 2.81. The number of oxazole rings is 1. The van der Waals surface area contributed by atoms with Gasteiger partial charge in [0.1, 0.15) is 11.3 Å². The molecule has 4 heteroatoms. The number of nitrogens with zero attached hydrogens (tertiary/aromatic N) is 1. The van der Waals surface area contributed by atoms with Crippen LogP contribution in [0, 0.1) is 5.82 Å². The Morgan fingerprint density at radius 1 is 1.54 bits per heavy atom. The van der Waals surface area contributed by atoms with E-state index in [-0.39, 0.29) is 11.9 Å². The second-order valence-corrected chi connectivity index (χ2v) is 2.95. The summed E-state index contributed by atoms with van der Waals surface area (Å²) in [6.45, 7) is 1.76. The van der Waals surface area contributed by atoms with E-state index in [1.165, 1.54) is 12.1 Å². The average molecular weight is 180 g/mol. The molecule has 0 fully saturated rings. The normalized spacial score (nSPS) is 13.5. The molecule has 0 amide bonds. The van der Waals surface area contributed by atoms with E-state index >= 15 is 0 Å². The van der Waals surface area contributed by atoms with Crippen LogP contribution in [0.15, 0.2) is 22.6 Å². The van der Waals surface area contributed by atoms with Gasteiger partial charge in [-0.15, -0.1) is 0 Å². The average Bonchev–Trinajstić information content (AvgIpc) is 2.46. The van der Waals surface area contributed by atoms with Crippen molar-refractivity contribution in [3.63, 3.8) is 0 Å². The molecule has 0 aliphatic heterocycles. The number of nitrogens with two attached hydrogens (primary N) is 1. The summed E-state index contributed by atoms with van der Waals surface area (Å²) < 4.78 is 18.0. The first-order valence-corrected chi connectivity index (χ1v) is 3.98. The monoisotopic (exact) mass is 180 g/mol. The zero-order valence-corrected chi connectivity index (χ0v) is 7.12. The molecule has 0 radical (unpaired) electrons. The lowest BCUT2D eigenvalue weighted by Crippen LogP contribution is -2.04. The van der Waals surface area contributed by atoms with Crippen molar-refractivity contribution in [2.45, 2.75) is 13.0 Å². The Bertz CT molecular complexity index is 436. The number of fused-ring (bicyclic) bond motifs is 1. The minimum absolute atomic E-state index is 0.268. The van der Waals surface area contributed by atoms with Gasteiger partial charge in [-0.1, -0.05) is 0 Å². The van der Waals surface area contributed by atoms with Crippen molar-refractivity contribution < 1.29 is 8.81 Å². The number of halogens is 1. The Hall–Kier alpha value is -1.42. The fraction of sp³-hybridized carbons (Fsp3) is 0.222. The van der Waals surface area contributed by atoms with E-state index in [9.17, 15) is 4.39 Å². The lowest BCUT2D eigenvalue weighted by Gasteiger charge is -1.94. The first-order chi connectivity index (χ1) is 6.16. The molecule has 0 unspecified atom stereocenters. The van der Waals surface area contributed by atoms with Gasteiger partial charge in [-0.2, -0.15) is 0 Å². The molecule has 13 heavy (non-hydrogen) atoms. The quantitative estimate of drug-likeness (QED) is 0.730. The maximum absolute atomic E-state index is 12.7. The molecule has 1 heterocycles. The molecule has 0 saturated heterocycles. The van der Waals surface area contributed by atoms with E-state index < -0.39 is 0 Å². The molecule has 1 atom stereocenters. The number of benzene rings is 1. The summed E-state index contributed by atoms with van der Waals surface area (Å²) in [6, 6.07) is 3.93. The third-order valence-electron chi connectivity index (χ3n) is 1.76. The highest BCUT2D eigenvalue weighted by Gasteiger charge is 2.09. The van der Waals surface area contributed by atoms with Crippen molar-refractivity contribution >= 4 is 11.1 Å². The highest BCUT2D eigenvalue weighted by molar-refractivity contribution is 5.72. The molecule has 1 aromatic carbocycles. The van der Waals surface area contributed by atoms with Gasteiger partial charge < -0.3 is 10.2 Å². The van der Waals surface area contributed by atoms with Gasteiger partial charge in [-0.25, -0.2) is 9.37 Å². The number of hydrogen-bond acceptors (Lipinski definition) is 3. The number of aromatic nitrogens is 1. The summed E-state index contributed by atoms with van der Waals surface area (Å²) in [4.78, 5) is 4.04. The van der Waals surface area contributed by atoms with Crippen LogP contribution >= 0.6 is 0 Å². The van der Waals surface area contributed by atoms with Crippen molar-refractivity contribution in [3.05, 3.63) is 29.9 Å². The summed E-state index contributed by atoms with van der Waals surface area (Å²) in [5.41, 5.74) is 6.64. The van der Waals surface area contributed by atoms with Crippen LogP contribution < -0.4 is 5.73 Å². The van der Waals surface area contributed by atoms with Crippen molar-refractivity contribution in [1.82, 2.24) is 4.98 Å². The molecule has 0 saturated carbocycles. The maximum atomic E-state index is 12.7. The van der Waals surface area contributed by atoms with E-state index in [1.54, 1.807) is 13.0 Å². The molecule has 0 aliphatic carbocycles. The topological polar surface area (TPSA) is 52.0 Å². The molecule has 2 N–H and O–H groups in total. The highest BCUT2D eigenvalue weighted by Crippen LogP contribution is 2.19. The minimum atomic E-state index is -0.322. The Labute approximate surface area is 74.4 Å². The molecule has 2 aromatic rings. The Morgan fingerprint density at radius 3 is 3.00 bits per heavy atom. The Morgan fingerprint density at radius 2 is 2.31 bits per heavy atom. The molecule has 2 rings (SSSR count). The van der Waals surface area contributed by atoms with Crippen LogP contribution in [0.5, 0.6) is 0 Å². The van der Waals surface area contributed by atoms with Crippen LogP contribution in [0.4, 0.5) is 4.39 Å². The largest absolute Gasteiger partial charge is 0.439 e. The maximum Gasteiger partial charge on any atom is 0.212 e. The lowest BCUT2D eigenvalue weighted by atomic mass is 10.3. The van der Waals surface area contributed by atoms with E-state index in [1.807, 2.05) is 0 Å². The predicted molar refractivity (Wildman–Crippen MR) is 46.6 cm³/mol. The fourth-order valence-electron chi connectivity index (χ4n) is 1.11. The third-order valence-corrected chi connectivity index (χ3v) is 1.76. The van der Waals surface area contributed by atoms with Gasteiger partial charge in [0.25, 0.3) is 0 Å². The highest BCUT2D eigenvalue weighted by atomic mass is 19.1. The van der Waals surface area contributed by atoms with Gasteiger partial charge in [-0.3, -0.25) is 0 Å². The van der Waals surface area contributed by atoms with Gasteiger partial charge in [0.05, 0.1) is 6.04 Å². The van der Waals surface area contributed by atoms with Crippen LogP contribution in [-0.2, 0) is 0 Å². The number of hydrogen-bond donors (Lipinski definition) is 1. The van der Waals surface area contributed by atoms with Crippen LogP contribution in [0.2, 0.25) is 0 Å². The molecule has 3 nitrogen and oxygen atoms in total. The molecular formula is C9H9FN2O. The summed E-state index contributed by atoms with van der Waals surface area (Å²) in [6.07, 6.45) is 0. The standard InChI is InChI=1S/C9H9FN2O/c1-5(11)9-12-7-4-6(10)2-3-8(7)13-9/h2-5H,11H2,1H3/t5-/m0/s1. The third kappa shape index (κ3) is 1.40. The second-order valence-electron chi connectivity index (χ2n) is 2.95. The predicted octanol–water partition coefficient (Wildman–Crippen LogP) is 1.99. The fourth-order valence-corrected chi connectivity index (χ4v) is 1.11. The first kappa shape index (κ1) is 8.19. The van der Waals surface area contributed by atoms with E-state index in [2.05, 4.69) is 4.98 Å². The van der Waals surface area contributed by atoms with Crippen molar-refractivity contribution in [2.24, 2.45) is 5.73 Å². The molecule has 0 bridgehead atoms. The molecular weight excluding hydrogens is 171 g/mol. The van der Waals surface area contributed by atoms with Crippen molar-refractivity contribution in [1.29, 1.82) is 0 Å². The SMILES string of the molecule is C[C@H](N)c1nc2cc(F)ccc2o1. The summed E-state index contributed by atoms with van der Waals surface area (Å²) in [5, 5.41) is 0. The summed E-state index contributed by atoms with van der Waals surface area (Å²) in [7, 11) is 0. The van der Waals surface area contributed by atoms with Crippen LogP contribution in [0.1, 0.15) is 18.9 Å². The summed E-state index contributed by atoms with van der Waals surface area (Å²) in [5.74, 6) is 0.109. The van der Waals surface area contributed by atoms with Gasteiger partial charge in [0, 0.05) is 6.07 Å². The molecule has 1 aromatic heterocycles. The zero-order valence-electron chi connectivity index (χ0n) is 7.12. The van der Waals surface area contributed by atoms with Gasteiger partial charge in [-0.05, 0) is 19.1 Å². The zero-order chi connectivity index (χ0) is 9.42. The number of rotatable bonds is 1. The van der Waals surface area contributed by atoms with Crippen LogP contribution in [0.25, 0.3) is 11.1 Å². The molecule has 0 aliphatic rings. The van der Waals surface area contributed by atoms with Crippen molar-refractivity contribution in [3.8, 4) is 0 Å². The minimum Gasteiger partial charge on any atom is -0.439 e. The Balaban J connectivity index is 2.62. The van der Waals surface area contributed by atoms with Gasteiger partial charge >= 0.3 is 0 Å². The van der Waals surface area contributed by atoms with Gasteiger partial charge in [0.2, 0.25) is 5.89 Å². The van der Waals surface area contributed by atoms with Crippen molar-refractivity contribution in [2.75, 3.05) is 0 Å². The Kier molecular flexibility index (Phi) is 1.77. The molecule has 68 valence electrons. The summed E-state index contributed by atoms with van der Waals surface area (Å²) >= 11 is 0. The smallest absolute Gasteiger partial charge is 0.212 e. The lowest BCUT2D eigenvalue weighted by molar-refractivity contribution is 0.492. The van der Waals surface area contributed by atoms with Gasteiger partial charge in [0.15, 0.2) is 5.58 Å². The van der Waals surface area contributed by atoms with E-state index in [0.717, 1.165) is 0 Å². The first-order valence-electron chi connectivity index (χ1n) is 3.98. The van der Waals surface area contributed by atoms with E-state index in [4.69, 9.17) is 10.2 Å².